The first kappa shape index (κ1) is 15.2. The summed E-state index contributed by atoms with van der Waals surface area (Å²) in [7, 11) is 0. The van der Waals surface area contributed by atoms with Gasteiger partial charge in [-0.3, -0.25) is 9.88 Å². The van der Waals surface area contributed by atoms with Crippen LogP contribution in [0.4, 0.5) is 0 Å². The van der Waals surface area contributed by atoms with E-state index in [1.54, 1.807) is 6.20 Å². The average molecular weight is 320 g/mol. The molecule has 0 radical (unpaired) electrons. The molecule has 0 amide bonds. The summed E-state index contributed by atoms with van der Waals surface area (Å²) in [6.45, 7) is 5.31. The maximum Gasteiger partial charge on any atom is 0.0967 e. The Morgan fingerprint density at radius 2 is 1.96 bits per heavy atom. The molecule has 4 rings (SSSR count). The maximum atomic E-state index is 5.91. The Kier molecular flexibility index (Phi) is 4.19. The molecular weight excluding hydrogens is 300 g/mol. The fraction of sp³-hybridized carbons (Fsp3) is 0.316. The van der Waals surface area contributed by atoms with Crippen LogP contribution in [-0.4, -0.2) is 39.5 Å². The van der Waals surface area contributed by atoms with Gasteiger partial charge in [0.1, 0.15) is 0 Å². The Bertz CT molecular complexity index is 837. The molecule has 1 atom stereocenters. The number of hydrogen-bond donors (Lipinski definition) is 0. The second kappa shape index (κ2) is 6.63. The number of ether oxygens (including phenoxy) is 1. The van der Waals surface area contributed by atoms with E-state index >= 15 is 0 Å². The number of nitrogens with zero attached hydrogens (tertiary/aromatic N) is 4. The highest BCUT2D eigenvalue weighted by Crippen LogP contribution is 2.23. The molecule has 3 aromatic rings. The summed E-state index contributed by atoms with van der Waals surface area (Å²) in [6.07, 6.45) is 3.74. The number of benzene rings is 1. The Balaban J connectivity index is 1.53. The minimum absolute atomic E-state index is 0.0705. The Labute approximate surface area is 141 Å². The van der Waals surface area contributed by atoms with E-state index in [0.717, 1.165) is 54.2 Å². The van der Waals surface area contributed by atoms with Gasteiger partial charge in [-0.25, -0.2) is 9.97 Å². The van der Waals surface area contributed by atoms with Crippen molar-refractivity contribution >= 4 is 11.0 Å². The highest BCUT2D eigenvalue weighted by Gasteiger charge is 2.23. The van der Waals surface area contributed by atoms with Crippen molar-refractivity contribution < 1.29 is 4.74 Å². The van der Waals surface area contributed by atoms with Crippen molar-refractivity contribution in [2.24, 2.45) is 0 Å². The number of rotatable bonds is 3. The second-order valence-electron chi connectivity index (χ2n) is 6.13. The first-order valence-electron chi connectivity index (χ1n) is 8.26. The third kappa shape index (κ3) is 3.13. The van der Waals surface area contributed by atoms with Gasteiger partial charge in [-0.15, -0.1) is 0 Å². The summed E-state index contributed by atoms with van der Waals surface area (Å²) in [5.74, 6) is 0. The van der Waals surface area contributed by atoms with Gasteiger partial charge in [-0.1, -0.05) is 18.2 Å². The van der Waals surface area contributed by atoms with Crippen molar-refractivity contribution in [3.63, 3.8) is 0 Å². The average Bonchev–Trinajstić information content (AvgIpc) is 2.63. The standard InChI is InChI=1S/C19H20N4O/c1-14-18(22-17-7-3-2-6-16(17)21-14)12-23-9-10-24-19(13-23)15-5-4-8-20-11-15/h2-8,11,19H,9-10,12-13H2,1H3/t19-/m0/s1. The zero-order valence-electron chi connectivity index (χ0n) is 13.7. The molecule has 0 spiro atoms. The van der Waals surface area contributed by atoms with E-state index in [-0.39, 0.29) is 6.10 Å². The lowest BCUT2D eigenvalue weighted by atomic mass is 10.1. The van der Waals surface area contributed by atoms with Crippen LogP contribution in [0.3, 0.4) is 0 Å². The van der Waals surface area contributed by atoms with Gasteiger partial charge in [-0.05, 0) is 25.1 Å². The number of hydrogen-bond acceptors (Lipinski definition) is 5. The van der Waals surface area contributed by atoms with E-state index in [4.69, 9.17) is 9.72 Å². The van der Waals surface area contributed by atoms with Crippen molar-refractivity contribution in [2.75, 3.05) is 19.7 Å². The van der Waals surface area contributed by atoms with E-state index < -0.39 is 0 Å². The van der Waals surface area contributed by atoms with Crippen LogP contribution in [-0.2, 0) is 11.3 Å². The number of para-hydroxylation sites is 2. The fourth-order valence-electron chi connectivity index (χ4n) is 3.10. The molecule has 0 saturated carbocycles. The molecule has 122 valence electrons. The Morgan fingerprint density at radius 1 is 1.12 bits per heavy atom. The van der Waals surface area contributed by atoms with E-state index in [1.165, 1.54) is 0 Å². The molecular formula is C19H20N4O. The highest BCUT2D eigenvalue weighted by atomic mass is 16.5. The van der Waals surface area contributed by atoms with Crippen LogP contribution in [0.25, 0.3) is 11.0 Å². The zero-order chi connectivity index (χ0) is 16.4. The first-order valence-corrected chi connectivity index (χ1v) is 8.26. The summed E-state index contributed by atoms with van der Waals surface area (Å²) in [4.78, 5) is 16.1. The number of fused-ring (bicyclic) bond motifs is 1. The number of morpholine rings is 1. The lowest BCUT2D eigenvalue weighted by molar-refractivity contribution is -0.0335. The first-order chi connectivity index (χ1) is 11.8. The van der Waals surface area contributed by atoms with E-state index in [2.05, 4.69) is 20.9 Å². The molecule has 0 aliphatic carbocycles. The van der Waals surface area contributed by atoms with Crippen LogP contribution in [0.1, 0.15) is 23.1 Å². The largest absolute Gasteiger partial charge is 0.371 e. The highest BCUT2D eigenvalue weighted by molar-refractivity contribution is 5.74. The smallest absolute Gasteiger partial charge is 0.0967 e. The van der Waals surface area contributed by atoms with Gasteiger partial charge >= 0.3 is 0 Å². The quantitative estimate of drug-likeness (QED) is 0.743. The molecule has 1 aliphatic rings. The third-order valence-electron chi connectivity index (χ3n) is 4.42. The van der Waals surface area contributed by atoms with Crippen molar-refractivity contribution in [3.05, 3.63) is 65.7 Å². The number of pyridine rings is 1. The van der Waals surface area contributed by atoms with Crippen molar-refractivity contribution in [2.45, 2.75) is 19.6 Å². The van der Waals surface area contributed by atoms with Gasteiger partial charge in [0, 0.05) is 37.6 Å². The van der Waals surface area contributed by atoms with Crippen LogP contribution in [0, 0.1) is 6.92 Å². The second-order valence-corrected chi connectivity index (χ2v) is 6.13. The van der Waals surface area contributed by atoms with E-state index in [1.807, 2.05) is 43.5 Å². The van der Waals surface area contributed by atoms with Gasteiger partial charge in [0.25, 0.3) is 0 Å². The van der Waals surface area contributed by atoms with E-state index in [9.17, 15) is 0 Å². The fourth-order valence-corrected chi connectivity index (χ4v) is 3.10. The van der Waals surface area contributed by atoms with Gasteiger partial charge in [0.2, 0.25) is 0 Å². The minimum Gasteiger partial charge on any atom is -0.371 e. The normalized spacial score (nSPS) is 18.8. The van der Waals surface area contributed by atoms with Crippen LogP contribution in [0.5, 0.6) is 0 Å². The molecule has 1 fully saturated rings. The molecule has 1 aromatic carbocycles. The predicted molar refractivity (Wildman–Crippen MR) is 92.5 cm³/mol. The summed E-state index contributed by atoms with van der Waals surface area (Å²) >= 11 is 0. The topological polar surface area (TPSA) is 51.1 Å². The summed E-state index contributed by atoms with van der Waals surface area (Å²) in [5.41, 5.74) is 5.08. The SMILES string of the molecule is Cc1nc2ccccc2nc1CN1CCO[C@H](c2cccnc2)C1. The molecule has 24 heavy (non-hydrogen) atoms. The van der Waals surface area contributed by atoms with Crippen LogP contribution in [0.15, 0.2) is 48.8 Å². The predicted octanol–water partition coefficient (Wildman–Crippen LogP) is 2.91. The van der Waals surface area contributed by atoms with Crippen molar-refractivity contribution in [1.82, 2.24) is 19.9 Å². The zero-order valence-corrected chi connectivity index (χ0v) is 13.7. The van der Waals surface area contributed by atoms with Crippen LogP contribution >= 0.6 is 0 Å². The molecule has 0 unspecified atom stereocenters. The monoisotopic (exact) mass is 320 g/mol. The molecule has 2 aromatic heterocycles. The molecule has 1 aliphatic heterocycles. The number of aromatic nitrogens is 3. The van der Waals surface area contributed by atoms with Gasteiger partial charge in [0.15, 0.2) is 0 Å². The molecule has 0 bridgehead atoms. The van der Waals surface area contributed by atoms with Crippen molar-refractivity contribution in [1.29, 1.82) is 0 Å². The maximum absolute atomic E-state index is 5.91. The third-order valence-corrected chi connectivity index (χ3v) is 4.42. The molecule has 0 N–H and O–H groups in total. The van der Waals surface area contributed by atoms with Crippen LogP contribution in [0.2, 0.25) is 0 Å². The lowest BCUT2D eigenvalue weighted by Gasteiger charge is -2.33. The summed E-state index contributed by atoms with van der Waals surface area (Å²) < 4.78 is 5.91. The molecule has 3 heterocycles. The van der Waals surface area contributed by atoms with Crippen molar-refractivity contribution in [3.8, 4) is 0 Å². The summed E-state index contributed by atoms with van der Waals surface area (Å²) in [5, 5.41) is 0. The van der Waals surface area contributed by atoms with Gasteiger partial charge < -0.3 is 4.74 Å². The minimum atomic E-state index is 0.0705. The Morgan fingerprint density at radius 3 is 2.75 bits per heavy atom. The van der Waals surface area contributed by atoms with Crippen LogP contribution < -0.4 is 0 Å². The molecule has 5 heteroatoms. The molecule has 5 nitrogen and oxygen atoms in total. The van der Waals surface area contributed by atoms with Gasteiger partial charge in [-0.2, -0.15) is 0 Å². The summed E-state index contributed by atoms with van der Waals surface area (Å²) in [6, 6.07) is 12.0. The Hall–Kier alpha value is -2.37. The number of aryl methyl sites for hydroxylation is 1. The van der Waals surface area contributed by atoms with Gasteiger partial charge in [0.05, 0.1) is 35.1 Å². The lowest BCUT2D eigenvalue weighted by Crippen LogP contribution is -2.38. The molecule has 1 saturated heterocycles. The van der Waals surface area contributed by atoms with E-state index in [0.29, 0.717) is 0 Å².